The van der Waals surface area contributed by atoms with Crippen LogP contribution in [0.2, 0.25) is 0 Å². The Balaban J connectivity index is 2.52. The van der Waals surface area contributed by atoms with E-state index in [-0.39, 0.29) is 11.8 Å². The summed E-state index contributed by atoms with van der Waals surface area (Å²) in [5.41, 5.74) is 0. The van der Waals surface area contributed by atoms with Crippen molar-refractivity contribution in [1.82, 2.24) is 4.90 Å². The van der Waals surface area contributed by atoms with Crippen molar-refractivity contribution in [2.75, 3.05) is 26.2 Å². The molecule has 4 nitrogen and oxygen atoms in total. The van der Waals surface area contributed by atoms with Crippen LogP contribution in [-0.2, 0) is 14.3 Å². The fraction of sp³-hybridized carbons (Fsp3) is 0.778. The fourth-order valence-electron chi connectivity index (χ4n) is 1.44. The van der Waals surface area contributed by atoms with E-state index in [1.807, 2.05) is 11.8 Å². The van der Waals surface area contributed by atoms with Crippen molar-refractivity contribution in [2.45, 2.75) is 13.8 Å². The summed E-state index contributed by atoms with van der Waals surface area (Å²) in [7, 11) is 0. The normalized spacial score (nSPS) is 23.5. The van der Waals surface area contributed by atoms with Crippen LogP contribution in [0.1, 0.15) is 13.8 Å². The molecule has 1 fully saturated rings. The predicted octanol–water partition coefficient (Wildman–Crippen LogP) is 0.0703. The lowest BCUT2D eigenvalue weighted by Crippen LogP contribution is -2.25. The summed E-state index contributed by atoms with van der Waals surface area (Å²) in [6, 6.07) is 0. The van der Waals surface area contributed by atoms with Crippen LogP contribution in [0.25, 0.3) is 0 Å². The highest BCUT2D eigenvalue weighted by Crippen LogP contribution is 2.13. The Morgan fingerprint density at radius 3 is 2.77 bits per heavy atom. The minimum absolute atomic E-state index is 0.0136. The molecule has 0 aromatic carbocycles. The molecule has 0 radical (unpaired) electrons. The Bertz CT molecular complexity index is 215. The van der Waals surface area contributed by atoms with Crippen LogP contribution in [0, 0.1) is 5.92 Å². The SMILES string of the molecule is CCOC(=O)C1CN(CC)CC1=O. The van der Waals surface area contributed by atoms with Gasteiger partial charge >= 0.3 is 5.97 Å². The second kappa shape index (κ2) is 4.37. The summed E-state index contributed by atoms with van der Waals surface area (Å²) in [6.07, 6.45) is 0. The van der Waals surface area contributed by atoms with Gasteiger partial charge in [0.15, 0.2) is 5.78 Å². The van der Waals surface area contributed by atoms with Crippen LogP contribution in [0.4, 0.5) is 0 Å². The van der Waals surface area contributed by atoms with E-state index in [1.165, 1.54) is 0 Å². The van der Waals surface area contributed by atoms with Gasteiger partial charge in [0.25, 0.3) is 0 Å². The third-order valence-electron chi connectivity index (χ3n) is 2.23. The zero-order valence-corrected chi connectivity index (χ0v) is 8.08. The molecule has 1 unspecified atom stereocenters. The smallest absolute Gasteiger partial charge is 0.317 e. The van der Waals surface area contributed by atoms with Crippen LogP contribution in [0.15, 0.2) is 0 Å². The van der Waals surface area contributed by atoms with E-state index >= 15 is 0 Å². The zero-order chi connectivity index (χ0) is 9.84. The number of carbonyl (C=O) groups excluding carboxylic acids is 2. The Morgan fingerprint density at radius 1 is 1.62 bits per heavy atom. The molecular formula is C9H15NO3. The number of esters is 1. The molecule has 0 aromatic heterocycles. The van der Waals surface area contributed by atoms with Gasteiger partial charge in [-0.05, 0) is 13.5 Å². The molecule has 74 valence electrons. The molecule has 0 bridgehead atoms. The van der Waals surface area contributed by atoms with Crippen LogP contribution < -0.4 is 0 Å². The van der Waals surface area contributed by atoms with Crippen molar-refractivity contribution in [2.24, 2.45) is 5.92 Å². The monoisotopic (exact) mass is 185 g/mol. The van der Waals surface area contributed by atoms with E-state index in [2.05, 4.69) is 0 Å². The van der Waals surface area contributed by atoms with Gasteiger partial charge in [0.05, 0.1) is 13.2 Å². The number of Topliss-reactive ketones (excluding diaryl/α,β-unsaturated/α-hetero) is 1. The number of nitrogens with zero attached hydrogens (tertiary/aromatic N) is 1. The van der Waals surface area contributed by atoms with Crippen LogP contribution in [-0.4, -0.2) is 42.9 Å². The molecule has 0 aromatic rings. The Kier molecular flexibility index (Phi) is 3.42. The summed E-state index contributed by atoms with van der Waals surface area (Å²) in [5, 5.41) is 0. The van der Waals surface area contributed by atoms with Gasteiger partial charge in [-0.1, -0.05) is 6.92 Å². The Labute approximate surface area is 77.8 Å². The minimum Gasteiger partial charge on any atom is -0.465 e. The predicted molar refractivity (Wildman–Crippen MR) is 47.2 cm³/mol. The third kappa shape index (κ3) is 2.28. The molecule has 0 aliphatic carbocycles. The van der Waals surface area contributed by atoms with E-state index in [4.69, 9.17) is 4.74 Å². The first-order valence-electron chi connectivity index (χ1n) is 4.60. The van der Waals surface area contributed by atoms with Gasteiger partial charge in [-0.3, -0.25) is 14.5 Å². The molecule has 0 N–H and O–H groups in total. The van der Waals surface area contributed by atoms with E-state index in [1.54, 1.807) is 6.92 Å². The highest BCUT2D eigenvalue weighted by molar-refractivity contribution is 6.01. The maximum atomic E-state index is 11.3. The van der Waals surface area contributed by atoms with E-state index in [0.717, 1.165) is 6.54 Å². The number of ether oxygens (including phenoxy) is 1. The number of likely N-dealkylation sites (N-methyl/N-ethyl adjacent to an activating group) is 1. The summed E-state index contributed by atoms with van der Waals surface area (Å²) in [4.78, 5) is 24.5. The first-order valence-corrected chi connectivity index (χ1v) is 4.60. The molecule has 1 heterocycles. The summed E-state index contributed by atoms with van der Waals surface area (Å²) in [6.45, 7) is 5.78. The average Bonchev–Trinajstić information content (AvgIpc) is 2.47. The quantitative estimate of drug-likeness (QED) is 0.461. The molecule has 1 saturated heterocycles. The van der Waals surface area contributed by atoms with Crippen molar-refractivity contribution in [3.05, 3.63) is 0 Å². The number of hydrogen-bond acceptors (Lipinski definition) is 4. The molecule has 1 aliphatic heterocycles. The summed E-state index contributed by atoms with van der Waals surface area (Å²) < 4.78 is 4.80. The summed E-state index contributed by atoms with van der Waals surface area (Å²) >= 11 is 0. The van der Waals surface area contributed by atoms with Crippen molar-refractivity contribution < 1.29 is 14.3 Å². The number of ketones is 1. The summed E-state index contributed by atoms with van der Waals surface area (Å²) in [5.74, 6) is -0.927. The molecule has 1 atom stereocenters. The van der Waals surface area contributed by atoms with E-state index in [0.29, 0.717) is 19.7 Å². The molecule has 0 saturated carbocycles. The van der Waals surface area contributed by atoms with Crippen LogP contribution >= 0.6 is 0 Å². The van der Waals surface area contributed by atoms with Gasteiger partial charge in [0, 0.05) is 6.54 Å². The third-order valence-corrected chi connectivity index (χ3v) is 2.23. The van der Waals surface area contributed by atoms with Gasteiger partial charge in [0.2, 0.25) is 0 Å². The van der Waals surface area contributed by atoms with Crippen molar-refractivity contribution in [1.29, 1.82) is 0 Å². The molecule has 0 amide bonds. The Hall–Kier alpha value is -0.900. The molecule has 1 aliphatic rings. The second-order valence-corrected chi connectivity index (χ2v) is 3.10. The average molecular weight is 185 g/mol. The number of likely N-dealkylation sites (tertiary alicyclic amines) is 1. The standard InChI is InChI=1S/C9H15NO3/c1-3-10-5-7(8(11)6-10)9(12)13-4-2/h7H,3-6H2,1-2H3. The van der Waals surface area contributed by atoms with Gasteiger partial charge < -0.3 is 4.74 Å². The minimum atomic E-state index is -0.542. The van der Waals surface area contributed by atoms with Crippen molar-refractivity contribution in [3.8, 4) is 0 Å². The first kappa shape index (κ1) is 10.2. The van der Waals surface area contributed by atoms with E-state index < -0.39 is 5.92 Å². The molecule has 1 rings (SSSR count). The van der Waals surface area contributed by atoms with Gasteiger partial charge in [0.1, 0.15) is 5.92 Å². The maximum Gasteiger partial charge on any atom is 0.317 e. The number of carbonyl (C=O) groups is 2. The lowest BCUT2D eigenvalue weighted by Gasteiger charge is -2.10. The van der Waals surface area contributed by atoms with Crippen LogP contribution in [0.3, 0.4) is 0 Å². The van der Waals surface area contributed by atoms with Crippen LogP contribution in [0.5, 0.6) is 0 Å². The molecule has 13 heavy (non-hydrogen) atoms. The van der Waals surface area contributed by atoms with Gasteiger partial charge in [-0.25, -0.2) is 0 Å². The van der Waals surface area contributed by atoms with E-state index in [9.17, 15) is 9.59 Å². The first-order chi connectivity index (χ1) is 6.19. The maximum absolute atomic E-state index is 11.3. The lowest BCUT2D eigenvalue weighted by molar-refractivity contribution is -0.149. The number of hydrogen-bond donors (Lipinski definition) is 0. The molecule has 0 spiro atoms. The topological polar surface area (TPSA) is 46.6 Å². The Morgan fingerprint density at radius 2 is 2.31 bits per heavy atom. The van der Waals surface area contributed by atoms with Gasteiger partial charge in [-0.2, -0.15) is 0 Å². The van der Waals surface area contributed by atoms with Crippen molar-refractivity contribution in [3.63, 3.8) is 0 Å². The van der Waals surface area contributed by atoms with Crippen molar-refractivity contribution >= 4 is 11.8 Å². The number of rotatable bonds is 3. The van der Waals surface area contributed by atoms with Gasteiger partial charge in [-0.15, -0.1) is 0 Å². The largest absolute Gasteiger partial charge is 0.465 e. The second-order valence-electron chi connectivity index (χ2n) is 3.10. The fourth-order valence-corrected chi connectivity index (χ4v) is 1.44. The molecular weight excluding hydrogens is 170 g/mol. The lowest BCUT2D eigenvalue weighted by atomic mass is 10.1. The highest BCUT2D eigenvalue weighted by atomic mass is 16.5. The highest BCUT2D eigenvalue weighted by Gasteiger charge is 2.36. The molecule has 4 heteroatoms. The zero-order valence-electron chi connectivity index (χ0n) is 8.08.